The summed E-state index contributed by atoms with van der Waals surface area (Å²) >= 11 is 0. The predicted octanol–water partition coefficient (Wildman–Crippen LogP) is 3.16. The van der Waals surface area contributed by atoms with Gasteiger partial charge in [-0.2, -0.15) is 5.21 Å². The molecule has 0 atom stereocenters. The van der Waals surface area contributed by atoms with Gasteiger partial charge >= 0.3 is 0 Å². The minimum absolute atomic E-state index is 0.234. The van der Waals surface area contributed by atoms with Crippen LogP contribution >= 0.6 is 0 Å². The molecule has 0 spiro atoms. The summed E-state index contributed by atoms with van der Waals surface area (Å²) in [4.78, 5) is 14.5. The fourth-order valence-electron chi connectivity index (χ4n) is 2.61. The van der Waals surface area contributed by atoms with Gasteiger partial charge in [-0.3, -0.25) is 4.79 Å². The molecule has 3 aromatic rings. The van der Waals surface area contributed by atoms with E-state index in [4.69, 9.17) is 0 Å². The zero-order valence-electron chi connectivity index (χ0n) is 16.0. The zero-order chi connectivity index (χ0) is 19.4. The Morgan fingerprint density at radius 2 is 1.78 bits per heavy atom. The van der Waals surface area contributed by atoms with Crippen LogP contribution in [0.5, 0.6) is 0 Å². The molecule has 7 heteroatoms. The summed E-state index contributed by atoms with van der Waals surface area (Å²) in [5.41, 5.74) is 5.59. The lowest BCUT2D eigenvalue weighted by atomic mass is 10.1. The van der Waals surface area contributed by atoms with Gasteiger partial charge in [-0.05, 0) is 54.8 Å². The number of anilines is 3. The molecule has 2 aromatic carbocycles. The molecule has 0 aliphatic heterocycles. The lowest BCUT2D eigenvalue weighted by Crippen LogP contribution is -2.24. The van der Waals surface area contributed by atoms with Crippen LogP contribution < -0.4 is 15.5 Å². The number of carbonyl (C=O) groups is 1. The maximum Gasteiger partial charge on any atom is 0.275 e. The summed E-state index contributed by atoms with van der Waals surface area (Å²) in [7, 11) is 3.98. The van der Waals surface area contributed by atoms with E-state index in [2.05, 4.69) is 33.0 Å². The Morgan fingerprint density at radius 3 is 2.44 bits per heavy atom. The molecule has 0 saturated heterocycles. The van der Waals surface area contributed by atoms with E-state index in [0.717, 1.165) is 22.5 Å². The van der Waals surface area contributed by atoms with Crippen molar-refractivity contribution in [2.75, 3.05) is 24.3 Å². The first-order valence-corrected chi connectivity index (χ1v) is 8.73. The van der Waals surface area contributed by atoms with E-state index >= 15 is 0 Å². The number of nitrogens with one attached hydrogen (secondary N) is 3. The summed E-state index contributed by atoms with van der Waals surface area (Å²) in [6.45, 7) is 4.51. The highest BCUT2D eigenvalue weighted by molar-refractivity contribution is 5.97. The Hall–Kier alpha value is -3.35. The van der Waals surface area contributed by atoms with Crippen molar-refractivity contribution < 1.29 is 4.79 Å². The Balaban J connectivity index is 1.65. The number of aryl methyl sites for hydroxylation is 2. The molecular formula is C20H24N6O. The quantitative estimate of drug-likeness (QED) is 0.625. The largest absolute Gasteiger partial charge is 0.378 e. The van der Waals surface area contributed by atoms with E-state index in [1.54, 1.807) is 0 Å². The molecule has 1 aromatic heterocycles. The minimum Gasteiger partial charge on any atom is -0.378 e. The van der Waals surface area contributed by atoms with Gasteiger partial charge in [0.1, 0.15) is 0 Å². The Bertz CT molecular complexity index is 930. The molecule has 1 heterocycles. The van der Waals surface area contributed by atoms with Gasteiger partial charge in [-0.1, -0.05) is 18.2 Å². The molecule has 3 rings (SSSR count). The van der Waals surface area contributed by atoms with E-state index in [-0.39, 0.29) is 11.6 Å². The van der Waals surface area contributed by atoms with Crippen LogP contribution in [-0.2, 0) is 6.54 Å². The topological polar surface area (TPSA) is 85.9 Å². The van der Waals surface area contributed by atoms with Crippen LogP contribution in [0.4, 0.5) is 17.2 Å². The van der Waals surface area contributed by atoms with Gasteiger partial charge in [0.25, 0.3) is 5.91 Å². The summed E-state index contributed by atoms with van der Waals surface area (Å²) in [6, 6.07) is 14.0. The molecule has 7 nitrogen and oxygen atoms in total. The Morgan fingerprint density at radius 1 is 1.04 bits per heavy atom. The van der Waals surface area contributed by atoms with Gasteiger partial charge in [0.2, 0.25) is 0 Å². The molecule has 0 radical (unpaired) electrons. The minimum atomic E-state index is -0.285. The third kappa shape index (κ3) is 4.44. The van der Waals surface area contributed by atoms with Crippen LogP contribution in [0.1, 0.15) is 27.2 Å². The van der Waals surface area contributed by atoms with Crippen molar-refractivity contribution in [1.29, 1.82) is 0 Å². The van der Waals surface area contributed by atoms with Crippen LogP contribution in [0.25, 0.3) is 0 Å². The van der Waals surface area contributed by atoms with Crippen molar-refractivity contribution in [3.63, 3.8) is 0 Å². The molecule has 0 aliphatic rings. The molecular weight excluding hydrogens is 340 g/mol. The van der Waals surface area contributed by atoms with Crippen molar-refractivity contribution in [1.82, 2.24) is 20.7 Å². The first kappa shape index (κ1) is 18.4. The number of nitrogens with zero attached hydrogens (tertiary/aromatic N) is 3. The molecule has 140 valence electrons. The summed E-state index contributed by atoms with van der Waals surface area (Å²) in [5.74, 6) is 0.116. The van der Waals surface area contributed by atoms with Crippen LogP contribution in [0.15, 0.2) is 42.5 Å². The standard InChI is InChI=1S/C20H24N6O/c1-13-5-8-16(11-14(13)2)22-19-18(23-25-24-19)20(27)21-12-15-6-9-17(10-7-15)26(3)4/h5-11H,12H2,1-4H3,(H,21,27)(H2,22,23,24,25). The lowest BCUT2D eigenvalue weighted by Gasteiger charge is -2.13. The van der Waals surface area contributed by atoms with Crippen molar-refractivity contribution >= 4 is 23.1 Å². The predicted molar refractivity (Wildman–Crippen MR) is 108 cm³/mol. The number of rotatable bonds is 6. The normalized spacial score (nSPS) is 10.5. The lowest BCUT2D eigenvalue weighted by molar-refractivity contribution is 0.0946. The molecule has 3 N–H and O–H groups in total. The average Bonchev–Trinajstić information content (AvgIpc) is 3.11. The van der Waals surface area contributed by atoms with E-state index in [1.165, 1.54) is 5.56 Å². The molecule has 0 aliphatic carbocycles. The number of amides is 1. The summed E-state index contributed by atoms with van der Waals surface area (Å²) in [5, 5.41) is 16.6. The molecule has 27 heavy (non-hydrogen) atoms. The van der Waals surface area contributed by atoms with E-state index in [1.807, 2.05) is 68.4 Å². The number of H-pyrrole nitrogens is 1. The van der Waals surface area contributed by atoms with Gasteiger partial charge in [-0.15, -0.1) is 10.2 Å². The number of hydrogen-bond acceptors (Lipinski definition) is 5. The smallest absolute Gasteiger partial charge is 0.275 e. The van der Waals surface area contributed by atoms with E-state index < -0.39 is 0 Å². The SMILES string of the molecule is Cc1ccc(Nc2n[nH]nc2C(=O)NCc2ccc(N(C)C)cc2)cc1C. The molecule has 1 amide bonds. The van der Waals surface area contributed by atoms with E-state index in [0.29, 0.717) is 12.4 Å². The van der Waals surface area contributed by atoms with Crippen molar-refractivity contribution in [2.24, 2.45) is 0 Å². The fourth-order valence-corrected chi connectivity index (χ4v) is 2.61. The Labute approximate surface area is 158 Å². The van der Waals surface area contributed by atoms with E-state index in [9.17, 15) is 4.79 Å². The Kier molecular flexibility index (Phi) is 5.40. The van der Waals surface area contributed by atoms with Crippen LogP contribution in [0, 0.1) is 13.8 Å². The van der Waals surface area contributed by atoms with Crippen molar-refractivity contribution in [2.45, 2.75) is 20.4 Å². The number of hydrogen-bond donors (Lipinski definition) is 3. The molecule has 0 bridgehead atoms. The maximum absolute atomic E-state index is 12.5. The molecule has 0 unspecified atom stereocenters. The first-order chi connectivity index (χ1) is 12.9. The third-order valence-electron chi connectivity index (χ3n) is 4.44. The second kappa shape index (κ2) is 7.90. The molecule has 0 fully saturated rings. The first-order valence-electron chi connectivity index (χ1n) is 8.73. The second-order valence-electron chi connectivity index (χ2n) is 6.69. The average molecular weight is 364 g/mol. The fraction of sp³-hybridized carbons (Fsp3) is 0.250. The number of aromatic nitrogens is 3. The monoisotopic (exact) mass is 364 g/mol. The number of carbonyl (C=O) groups excluding carboxylic acids is 1. The number of aromatic amines is 1. The van der Waals surface area contributed by atoms with Crippen LogP contribution in [0.2, 0.25) is 0 Å². The third-order valence-corrected chi connectivity index (χ3v) is 4.44. The van der Waals surface area contributed by atoms with Gasteiger partial charge in [0, 0.05) is 32.0 Å². The maximum atomic E-state index is 12.5. The van der Waals surface area contributed by atoms with Crippen LogP contribution in [0.3, 0.4) is 0 Å². The summed E-state index contributed by atoms with van der Waals surface area (Å²) in [6.07, 6.45) is 0. The number of benzene rings is 2. The van der Waals surface area contributed by atoms with Crippen molar-refractivity contribution in [3.05, 3.63) is 64.8 Å². The van der Waals surface area contributed by atoms with Gasteiger partial charge < -0.3 is 15.5 Å². The highest BCUT2D eigenvalue weighted by Gasteiger charge is 2.16. The van der Waals surface area contributed by atoms with Gasteiger partial charge in [-0.25, -0.2) is 0 Å². The van der Waals surface area contributed by atoms with Gasteiger partial charge in [0.05, 0.1) is 0 Å². The second-order valence-corrected chi connectivity index (χ2v) is 6.69. The highest BCUT2D eigenvalue weighted by Crippen LogP contribution is 2.20. The van der Waals surface area contributed by atoms with Crippen molar-refractivity contribution in [3.8, 4) is 0 Å². The van der Waals surface area contributed by atoms with Gasteiger partial charge in [0.15, 0.2) is 11.5 Å². The van der Waals surface area contributed by atoms with Crippen LogP contribution in [-0.4, -0.2) is 35.4 Å². The summed E-state index contributed by atoms with van der Waals surface area (Å²) < 4.78 is 0. The molecule has 0 saturated carbocycles. The zero-order valence-corrected chi connectivity index (χ0v) is 16.0. The highest BCUT2D eigenvalue weighted by atomic mass is 16.2.